The number of aromatic amines is 1. The van der Waals surface area contributed by atoms with Gasteiger partial charge in [-0.2, -0.15) is 4.72 Å². The van der Waals surface area contributed by atoms with Gasteiger partial charge in [-0.15, -0.1) is 0 Å². The summed E-state index contributed by atoms with van der Waals surface area (Å²) in [6, 6.07) is 18.7. The van der Waals surface area contributed by atoms with Crippen molar-refractivity contribution in [2.24, 2.45) is 5.92 Å². The summed E-state index contributed by atoms with van der Waals surface area (Å²) < 4.78 is 29.5. The standard InChI is InChI=1S/C28H31N3O4S/c1-3-19(2)27(31-36(34,35)26-14-8-10-20-9-4-5-12-24(20)26)28(33)30-22(15-16-32)17-21-18-29-25-13-7-6-11-23(21)25/h4-14,16,18-19,22,27,29,31H,3,15,17H2,1-2H3,(H,30,33)/t19-,22+,27-/m0/s1. The lowest BCUT2D eigenvalue weighted by molar-refractivity contribution is -0.124. The second-order valence-corrected chi connectivity index (χ2v) is 10.8. The van der Waals surface area contributed by atoms with Gasteiger partial charge in [0.2, 0.25) is 15.9 Å². The summed E-state index contributed by atoms with van der Waals surface area (Å²) in [6.45, 7) is 3.75. The Hall–Kier alpha value is -3.49. The lowest BCUT2D eigenvalue weighted by atomic mass is 9.97. The summed E-state index contributed by atoms with van der Waals surface area (Å²) in [4.78, 5) is 28.2. The van der Waals surface area contributed by atoms with E-state index in [9.17, 15) is 18.0 Å². The third-order valence-corrected chi connectivity index (χ3v) is 8.18. The van der Waals surface area contributed by atoms with Crippen molar-refractivity contribution in [1.29, 1.82) is 0 Å². The van der Waals surface area contributed by atoms with Crippen LogP contribution in [-0.2, 0) is 26.0 Å². The minimum atomic E-state index is -4.00. The molecule has 0 aliphatic carbocycles. The molecule has 1 heterocycles. The Bertz CT molecular complexity index is 1470. The van der Waals surface area contributed by atoms with Crippen LogP contribution >= 0.6 is 0 Å². The zero-order valence-corrected chi connectivity index (χ0v) is 21.2. The van der Waals surface area contributed by atoms with Crippen molar-refractivity contribution >= 4 is 43.9 Å². The number of hydrogen-bond donors (Lipinski definition) is 3. The Morgan fingerprint density at radius 1 is 1.00 bits per heavy atom. The zero-order chi connectivity index (χ0) is 25.7. The van der Waals surface area contributed by atoms with Gasteiger partial charge in [-0.1, -0.05) is 74.9 Å². The molecule has 0 bridgehead atoms. The van der Waals surface area contributed by atoms with Gasteiger partial charge >= 0.3 is 0 Å². The molecule has 188 valence electrons. The first-order valence-corrected chi connectivity index (χ1v) is 13.6. The molecule has 4 aromatic rings. The molecule has 8 heteroatoms. The molecule has 0 radical (unpaired) electrons. The number of aldehydes is 1. The van der Waals surface area contributed by atoms with Crippen molar-refractivity contribution in [3.8, 4) is 0 Å². The number of amides is 1. The Morgan fingerprint density at radius 2 is 1.69 bits per heavy atom. The van der Waals surface area contributed by atoms with Gasteiger partial charge in [0.25, 0.3) is 0 Å². The molecule has 0 spiro atoms. The van der Waals surface area contributed by atoms with Crippen molar-refractivity contribution in [2.45, 2.75) is 50.1 Å². The fraction of sp³-hybridized carbons (Fsp3) is 0.286. The van der Waals surface area contributed by atoms with Crippen LogP contribution in [0, 0.1) is 5.92 Å². The molecule has 0 saturated carbocycles. The lowest BCUT2D eigenvalue weighted by Crippen LogP contribution is -2.52. The van der Waals surface area contributed by atoms with Gasteiger partial charge in [-0.25, -0.2) is 8.42 Å². The van der Waals surface area contributed by atoms with Crippen molar-refractivity contribution in [1.82, 2.24) is 15.0 Å². The summed E-state index contributed by atoms with van der Waals surface area (Å²) in [6.07, 6.45) is 3.81. The highest BCUT2D eigenvalue weighted by Gasteiger charge is 2.31. The minimum Gasteiger partial charge on any atom is -0.361 e. The van der Waals surface area contributed by atoms with E-state index in [0.29, 0.717) is 18.2 Å². The molecular formula is C28H31N3O4S. The molecule has 3 atom stereocenters. The molecule has 3 aromatic carbocycles. The molecule has 0 saturated heterocycles. The summed E-state index contributed by atoms with van der Waals surface area (Å²) in [5.74, 6) is -0.709. The topological polar surface area (TPSA) is 108 Å². The number of hydrogen-bond acceptors (Lipinski definition) is 4. The number of H-pyrrole nitrogens is 1. The van der Waals surface area contributed by atoms with Crippen molar-refractivity contribution in [2.75, 3.05) is 0 Å². The van der Waals surface area contributed by atoms with Crippen LogP contribution < -0.4 is 10.0 Å². The summed E-state index contributed by atoms with van der Waals surface area (Å²) in [5, 5.41) is 5.35. The Morgan fingerprint density at radius 3 is 2.44 bits per heavy atom. The lowest BCUT2D eigenvalue weighted by Gasteiger charge is -2.26. The van der Waals surface area contributed by atoms with E-state index < -0.39 is 28.0 Å². The van der Waals surface area contributed by atoms with Crippen LogP contribution in [0.25, 0.3) is 21.7 Å². The van der Waals surface area contributed by atoms with Crippen LogP contribution in [0.3, 0.4) is 0 Å². The zero-order valence-electron chi connectivity index (χ0n) is 20.4. The van der Waals surface area contributed by atoms with Gasteiger partial charge in [0.1, 0.15) is 12.3 Å². The van der Waals surface area contributed by atoms with Crippen LogP contribution in [0.4, 0.5) is 0 Å². The monoisotopic (exact) mass is 505 g/mol. The summed E-state index contributed by atoms with van der Waals surface area (Å²) in [5.41, 5.74) is 1.96. The largest absolute Gasteiger partial charge is 0.361 e. The number of fused-ring (bicyclic) bond motifs is 2. The first-order valence-electron chi connectivity index (χ1n) is 12.1. The van der Waals surface area contributed by atoms with E-state index in [2.05, 4.69) is 15.0 Å². The number of aromatic nitrogens is 1. The molecule has 0 fully saturated rings. The SMILES string of the molecule is CC[C@H](C)[C@H](NS(=O)(=O)c1cccc2ccccc12)C(=O)N[C@H](CC=O)Cc1c[nH]c2ccccc12. The number of sulfonamides is 1. The van der Waals surface area contributed by atoms with E-state index in [1.165, 1.54) is 0 Å². The maximum absolute atomic E-state index is 13.4. The molecule has 4 rings (SSSR count). The van der Waals surface area contributed by atoms with Crippen LogP contribution in [0.1, 0.15) is 32.3 Å². The van der Waals surface area contributed by atoms with E-state index in [0.717, 1.165) is 28.1 Å². The van der Waals surface area contributed by atoms with Gasteiger partial charge in [0.05, 0.1) is 4.90 Å². The fourth-order valence-electron chi connectivity index (χ4n) is 4.49. The van der Waals surface area contributed by atoms with Crippen LogP contribution in [0.5, 0.6) is 0 Å². The second kappa shape index (κ2) is 11.1. The summed E-state index contributed by atoms with van der Waals surface area (Å²) >= 11 is 0. The number of rotatable bonds is 11. The molecule has 1 aromatic heterocycles. The molecule has 36 heavy (non-hydrogen) atoms. The van der Waals surface area contributed by atoms with E-state index in [4.69, 9.17) is 0 Å². The molecule has 0 aliphatic heterocycles. The van der Waals surface area contributed by atoms with E-state index in [-0.39, 0.29) is 17.2 Å². The third-order valence-electron chi connectivity index (χ3n) is 6.69. The number of carbonyl (C=O) groups is 2. The molecule has 7 nitrogen and oxygen atoms in total. The average molecular weight is 506 g/mol. The molecule has 0 aliphatic rings. The van der Waals surface area contributed by atoms with Crippen molar-refractivity contribution < 1.29 is 18.0 Å². The fourth-order valence-corrected chi connectivity index (χ4v) is 6.02. The second-order valence-electron chi connectivity index (χ2n) is 9.13. The third kappa shape index (κ3) is 5.50. The Balaban J connectivity index is 1.58. The smallest absolute Gasteiger partial charge is 0.241 e. The molecular weight excluding hydrogens is 474 g/mol. The molecule has 1 amide bonds. The first kappa shape index (κ1) is 25.6. The van der Waals surface area contributed by atoms with Crippen molar-refractivity contribution in [3.05, 3.63) is 78.5 Å². The number of carbonyl (C=O) groups excluding carboxylic acids is 2. The molecule has 0 unspecified atom stereocenters. The normalized spacial score (nSPS) is 14.4. The number of para-hydroxylation sites is 1. The van der Waals surface area contributed by atoms with E-state index in [1.807, 2.05) is 62.5 Å². The van der Waals surface area contributed by atoms with Gasteiger partial charge in [0, 0.05) is 34.9 Å². The highest BCUT2D eigenvalue weighted by Crippen LogP contribution is 2.24. The van der Waals surface area contributed by atoms with Gasteiger partial charge in [-0.3, -0.25) is 4.79 Å². The highest BCUT2D eigenvalue weighted by molar-refractivity contribution is 7.89. The quantitative estimate of drug-likeness (QED) is 0.264. The summed E-state index contributed by atoms with van der Waals surface area (Å²) in [7, 11) is -4.00. The van der Waals surface area contributed by atoms with E-state index in [1.54, 1.807) is 24.3 Å². The van der Waals surface area contributed by atoms with Crippen LogP contribution in [0.15, 0.2) is 77.8 Å². The maximum Gasteiger partial charge on any atom is 0.241 e. The van der Waals surface area contributed by atoms with E-state index >= 15 is 0 Å². The number of nitrogens with one attached hydrogen (secondary N) is 3. The predicted octanol–water partition coefficient (Wildman–Crippen LogP) is 4.33. The van der Waals surface area contributed by atoms with Gasteiger partial charge < -0.3 is 15.1 Å². The minimum absolute atomic E-state index is 0.120. The average Bonchev–Trinajstić information content (AvgIpc) is 3.29. The Kier molecular flexibility index (Phi) is 7.86. The highest BCUT2D eigenvalue weighted by atomic mass is 32.2. The maximum atomic E-state index is 13.4. The Labute approximate surface area is 211 Å². The predicted molar refractivity (Wildman–Crippen MR) is 142 cm³/mol. The first-order chi connectivity index (χ1) is 17.3. The van der Waals surface area contributed by atoms with Gasteiger partial charge in [0.15, 0.2) is 0 Å². The number of benzene rings is 3. The van der Waals surface area contributed by atoms with Crippen molar-refractivity contribution in [3.63, 3.8) is 0 Å². The van der Waals surface area contributed by atoms with Gasteiger partial charge in [-0.05, 0) is 35.4 Å². The van der Waals surface area contributed by atoms with Crippen LogP contribution in [-0.4, -0.2) is 37.7 Å². The van der Waals surface area contributed by atoms with Crippen LogP contribution in [0.2, 0.25) is 0 Å². The molecule has 3 N–H and O–H groups in total.